The molecule has 1 aromatic carbocycles. The molecular formula is C21H29N7O2. The van der Waals surface area contributed by atoms with Crippen LogP contribution < -0.4 is 16.8 Å². The van der Waals surface area contributed by atoms with Crippen molar-refractivity contribution in [2.45, 2.75) is 38.6 Å². The Morgan fingerprint density at radius 1 is 1.10 bits per heavy atom. The summed E-state index contributed by atoms with van der Waals surface area (Å²) in [5.41, 5.74) is 15.3. The number of nitrogens with one attached hydrogen (secondary N) is 1. The number of imidazole rings is 1. The first kappa shape index (κ1) is 22.8. The van der Waals surface area contributed by atoms with E-state index in [1.807, 2.05) is 25.7 Å². The lowest BCUT2D eigenvalue weighted by Crippen LogP contribution is -2.14. The summed E-state index contributed by atoms with van der Waals surface area (Å²) in [5, 5.41) is 3.48. The molecule has 2 heterocycles. The van der Waals surface area contributed by atoms with Crippen molar-refractivity contribution in [1.29, 1.82) is 0 Å². The van der Waals surface area contributed by atoms with Crippen LogP contribution in [0.2, 0.25) is 0 Å². The van der Waals surface area contributed by atoms with Crippen LogP contribution in [0.25, 0.3) is 11.2 Å². The molecule has 2 atom stereocenters. The Balaban J connectivity index is 0.000000757. The second-order valence-electron chi connectivity index (χ2n) is 7.23. The number of hydrogen-bond acceptors (Lipinski definition) is 8. The minimum absolute atomic E-state index is 0.406. The van der Waals surface area contributed by atoms with Gasteiger partial charge < -0.3 is 26.4 Å². The molecule has 0 radical (unpaired) electrons. The van der Waals surface area contributed by atoms with E-state index >= 15 is 0 Å². The largest absolute Gasteiger partial charge is 0.399 e. The Morgan fingerprint density at radius 2 is 1.80 bits per heavy atom. The Labute approximate surface area is 175 Å². The second-order valence-corrected chi connectivity index (χ2v) is 7.23. The van der Waals surface area contributed by atoms with Crippen LogP contribution in [-0.4, -0.2) is 39.6 Å². The van der Waals surface area contributed by atoms with Crippen molar-refractivity contribution in [2.75, 3.05) is 23.3 Å². The summed E-state index contributed by atoms with van der Waals surface area (Å²) in [7, 11) is 0. The van der Waals surface area contributed by atoms with Crippen LogP contribution in [0.5, 0.6) is 0 Å². The molecule has 1 fully saturated rings. The maximum absolute atomic E-state index is 8.00. The zero-order valence-corrected chi connectivity index (χ0v) is 17.3. The molecule has 3 aromatic rings. The van der Waals surface area contributed by atoms with Crippen molar-refractivity contribution >= 4 is 42.2 Å². The third-order valence-electron chi connectivity index (χ3n) is 5.21. The first-order chi connectivity index (χ1) is 14.6. The monoisotopic (exact) mass is 411 g/mol. The number of aromatic nitrogens is 4. The smallest absolute Gasteiger partial charge is 0.205 e. The van der Waals surface area contributed by atoms with E-state index in [2.05, 4.69) is 38.9 Å². The maximum atomic E-state index is 8.00. The van der Waals surface area contributed by atoms with Crippen LogP contribution in [-0.2, 0) is 16.0 Å². The highest BCUT2D eigenvalue weighted by molar-refractivity contribution is 5.84. The summed E-state index contributed by atoms with van der Waals surface area (Å²) in [4.78, 5) is 29.3. The fourth-order valence-electron chi connectivity index (χ4n) is 3.81. The highest BCUT2D eigenvalue weighted by atomic mass is 16.1. The zero-order chi connectivity index (χ0) is 22.1. The molecule has 0 spiro atoms. The summed E-state index contributed by atoms with van der Waals surface area (Å²) < 4.78 is 2.22. The van der Waals surface area contributed by atoms with Gasteiger partial charge in [-0.1, -0.05) is 19.1 Å². The van der Waals surface area contributed by atoms with Crippen LogP contribution in [0.1, 0.15) is 37.8 Å². The number of nitrogen functional groups attached to an aromatic ring is 2. The number of carbonyl (C=O) groups excluding carboxylic acids is 2. The molecule has 5 N–H and O–H groups in total. The van der Waals surface area contributed by atoms with E-state index in [-0.39, 0.29) is 0 Å². The lowest BCUT2D eigenvalue weighted by atomic mass is 10.1. The van der Waals surface area contributed by atoms with Crippen molar-refractivity contribution in [3.63, 3.8) is 0 Å². The number of fused-ring (bicyclic) bond motifs is 1. The number of nitrogens with two attached hydrogens (primary N) is 2. The van der Waals surface area contributed by atoms with Gasteiger partial charge in [-0.15, -0.1) is 0 Å². The predicted octanol–water partition coefficient (Wildman–Crippen LogP) is 2.64. The summed E-state index contributed by atoms with van der Waals surface area (Å²) in [5.74, 6) is 1.99. The van der Waals surface area contributed by atoms with Crippen LogP contribution in [0.4, 0.5) is 17.5 Å². The van der Waals surface area contributed by atoms with E-state index in [0.717, 1.165) is 49.0 Å². The molecule has 0 saturated heterocycles. The number of nitrogens with zero attached hydrogens (tertiary/aromatic N) is 4. The highest BCUT2D eigenvalue weighted by Gasteiger charge is 2.27. The molecule has 2 unspecified atom stereocenters. The van der Waals surface area contributed by atoms with E-state index in [4.69, 9.17) is 26.0 Å². The van der Waals surface area contributed by atoms with Gasteiger partial charge in [0, 0.05) is 18.3 Å². The van der Waals surface area contributed by atoms with Gasteiger partial charge in [0.2, 0.25) is 5.95 Å². The van der Waals surface area contributed by atoms with Gasteiger partial charge in [-0.2, -0.15) is 0 Å². The quantitative estimate of drug-likeness (QED) is 0.544. The molecule has 9 heteroatoms. The SMILES string of the molecule is C=O.C=O.CC1CCC(n2c(NCCc3ccc(N)cc3)nc3c(N)ncnc32)C1. The van der Waals surface area contributed by atoms with Gasteiger partial charge in [0.05, 0.1) is 0 Å². The molecule has 30 heavy (non-hydrogen) atoms. The summed E-state index contributed by atoms with van der Waals surface area (Å²) in [6, 6.07) is 8.38. The van der Waals surface area contributed by atoms with E-state index in [9.17, 15) is 0 Å². The van der Waals surface area contributed by atoms with Gasteiger partial charge in [0.15, 0.2) is 17.0 Å². The maximum Gasteiger partial charge on any atom is 0.205 e. The summed E-state index contributed by atoms with van der Waals surface area (Å²) >= 11 is 0. The van der Waals surface area contributed by atoms with E-state index in [1.165, 1.54) is 18.3 Å². The molecule has 1 saturated carbocycles. The molecule has 9 nitrogen and oxygen atoms in total. The summed E-state index contributed by atoms with van der Waals surface area (Å²) in [6.07, 6.45) is 5.93. The number of hydrogen-bond donors (Lipinski definition) is 3. The molecule has 1 aliphatic carbocycles. The Morgan fingerprint density at radius 3 is 2.43 bits per heavy atom. The van der Waals surface area contributed by atoms with Gasteiger partial charge in [-0.3, -0.25) is 4.57 Å². The standard InChI is InChI=1S/C19H25N7.2CH2O/c1-12-2-7-15(10-12)26-18-16(17(21)23-11-24-18)25-19(26)22-9-8-13-3-5-14(20)6-4-13;2*1-2/h3-6,11-12,15H,2,7-10,20H2,1H3,(H,22,25)(H2,21,23,24);2*1H2. The third kappa shape index (κ3) is 5.11. The van der Waals surface area contributed by atoms with Crippen LogP contribution >= 0.6 is 0 Å². The van der Waals surface area contributed by atoms with Crippen molar-refractivity contribution in [1.82, 2.24) is 19.5 Å². The molecule has 0 aliphatic heterocycles. The van der Waals surface area contributed by atoms with Gasteiger partial charge >= 0.3 is 0 Å². The predicted molar refractivity (Wildman–Crippen MR) is 119 cm³/mol. The van der Waals surface area contributed by atoms with Gasteiger partial charge in [-0.25, -0.2) is 15.0 Å². The fraction of sp³-hybridized carbons (Fsp3) is 0.381. The third-order valence-corrected chi connectivity index (χ3v) is 5.21. The van der Waals surface area contributed by atoms with Crippen LogP contribution in [0.15, 0.2) is 30.6 Å². The number of carbonyl (C=O) groups is 2. The first-order valence-corrected chi connectivity index (χ1v) is 9.76. The lowest BCUT2D eigenvalue weighted by Gasteiger charge is -2.17. The average molecular weight is 412 g/mol. The molecular weight excluding hydrogens is 382 g/mol. The number of benzene rings is 1. The van der Waals surface area contributed by atoms with E-state index in [1.54, 1.807) is 0 Å². The average Bonchev–Trinajstić information content (AvgIpc) is 3.36. The second kappa shape index (κ2) is 10.9. The lowest BCUT2D eigenvalue weighted by molar-refractivity contribution is -0.0987. The van der Waals surface area contributed by atoms with Crippen molar-refractivity contribution < 1.29 is 9.59 Å². The van der Waals surface area contributed by atoms with Crippen LogP contribution in [0, 0.1) is 5.92 Å². The Bertz CT molecular complexity index is 940. The van der Waals surface area contributed by atoms with Gasteiger partial charge in [-0.05, 0) is 49.3 Å². The zero-order valence-electron chi connectivity index (χ0n) is 17.3. The first-order valence-electron chi connectivity index (χ1n) is 9.76. The van der Waals surface area contributed by atoms with E-state index < -0.39 is 0 Å². The normalized spacial score (nSPS) is 17.5. The minimum Gasteiger partial charge on any atom is -0.399 e. The molecule has 4 rings (SSSR count). The molecule has 0 amide bonds. The topological polar surface area (TPSA) is 142 Å². The minimum atomic E-state index is 0.406. The Kier molecular flexibility index (Phi) is 8.28. The molecule has 160 valence electrons. The van der Waals surface area contributed by atoms with Crippen LogP contribution in [0.3, 0.4) is 0 Å². The molecule has 2 aromatic heterocycles. The number of rotatable bonds is 5. The number of anilines is 3. The van der Waals surface area contributed by atoms with E-state index in [0.29, 0.717) is 17.4 Å². The molecule has 1 aliphatic rings. The Hall–Kier alpha value is -3.49. The summed E-state index contributed by atoms with van der Waals surface area (Å²) in [6.45, 7) is 7.08. The highest BCUT2D eigenvalue weighted by Crippen LogP contribution is 2.38. The molecule has 0 bridgehead atoms. The van der Waals surface area contributed by atoms with Crippen molar-refractivity contribution in [2.24, 2.45) is 5.92 Å². The van der Waals surface area contributed by atoms with Gasteiger partial charge in [0.1, 0.15) is 19.9 Å². The fourth-order valence-corrected chi connectivity index (χ4v) is 3.81. The van der Waals surface area contributed by atoms with Gasteiger partial charge in [0.25, 0.3) is 0 Å². The van der Waals surface area contributed by atoms with Crippen molar-refractivity contribution in [3.8, 4) is 0 Å². The van der Waals surface area contributed by atoms with Crippen molar-refractivity contribution in [3.05, 3.63) is 36.2 Å².